The highest BCUT2D eigenvalue weighted by Gasteiger charge is 2.36. The summed E-state index contributed by atoms with van der Waals surface area (Å²) in [7, 11) is 1.07. The summed E-state index contributed by atoms with van der Waals surface area (Å²) in [4.78, 5) is 0. The second-order valence-electron chi connectivity index (χ2n) is 5.00. The van der Waals surface area contributed by atoms with Crippen molar-refractivity contribution in [3.8, 4) is 5.75 Å². The first kappa shape index (κ1) is 19.8. The van der Waals surface area contributed by atoms with Crippen LogP contribution in [0.4, 0.5) is 17.6 Å². The third kappa shape index (κ3) is 5.22. The Morgan fingerprint density at radius 3 is 2.50 bits per heavy atom. The van der Waals surface area contributed by atoms with E-state index in [2.05, 4.69) is 10.2 Å². The fraction of sp³-hybridized carbons (Fsp3) is 0.176. The molecule has 26 heavy (non-hydrogen) atoms. The van der Waals surface area contributed by atoms with Gasteiger partial charge in [-0.05, 0) is 17.7 Å². The summed E-state index contributed by atoms with van der Waals surface area (Å²) in [6.45, 7) is 0. The Labute approximate surface area is 151 Å². The number of nitrogens with zero attached hydrogens (tertiary/aromatic N) is 2. The first-order valence-electron chi connectivity index (χ1n) is 7.30. The number of hydrogen-bond acceptors (Lipinski definition) is 4. The fourth-order valence-electron chi connectivity index (χ4n) is 2.01. The van der Waals surface area contributed by atoms with Crippen LogP contribution in [0.5, 0.6) is 5.75 Å². The Kier molecular flexibility index (Phi) is 6.62. The molecule has 2 aromatic rings. The van der Waals surface area contributed by atoms with Crippen LogP contribution < -0.4 is 10.5 Å². The Hall–Kier alpha value is -2.55. The van der Waals surface area contributed by atoms with E-state index in [0.29, 0.717) is 11.8 Å². The lowest BCUT2D eigenvalue weighted by Gasteiger charge is -2.12. The number of amidine groups is 1. The summed E-state index contributed by atoms with van der Waals surface area (Å²) in [5, 5.41) is 7.59. The van der Waals surface area contributed by atoms with E-state index in [0.717, 1.165) is 25.0 Å². The Morgan fingerprint density at radius 1 is 1.19 bits per heavy atom. The number of hydrogen-bond donors (Lipinski definition) is 1. The van der Waals surface area contributed by atoms with E-state index in [1.54, 1.807) is 0 Å². The van der Waals surface area contributed by atoms with Gasteiger partial charge in [0.2, 0.25) is 0 Å². The Bertz CT molecular complexity index is 808. The number of halogens is 4. The van der Waals surface area contributed by atoms with Gasteiger partial charge < -0.3 is 10.5 Å². The van der Waals surface area contributed by atoms with Crippen LogP contribution in [-0.4, -0.2) is 18.5 Å². The molecule has 138 valence electrons. The van der Waals surface area contributed by atoms with Gasteiger partial charge >= 0.3 is 6.18 Å². The maximum atomic E-state index is 14.0. The van der Waals surface area contributed by atoms with Gasteiger partial charge in [0, 0.05) is 11.3 Å². The molecule has 0 bridgehead atoms. The van der Waals surface area contributed by atoms with Crippen LogP contribution in [-0.2, 0) is 11.9 Å². The molecule has 4 nitrogen and oxygen atoms in total. The van der Waals surface area contributed by atoms with Gasteiger partial charge in [0.05, 0.1) is 18.9 Å². The Morgan fingerprint density at radius 2 is 1.88 bits per heavy atom. The first-order valence-corrected chi connectivity index (χ1v) is 8.28. The smallest absolute Gasteiger partial charge is 0.419 e. The second-order valence-corrected chi connectivity index (χ2v) is 6.00. The molecule has 0 spiro atoms. The monoisotopic (exact) mass is 385 g/mol. The van der Waals surface area contributed by atoms with Gasteiger partial charge in [-0.2, -0.15) is 18.3 Å². The number of alkyl halides is 3. The van der Waals surface area contributed by atoms with Crippen LogP contribution in [0, 0.1) is 5.82 Å². The van der Waals surface area contributed by atoms with Gasteiger partial charge in [-0.25, -0.2) is 4.39 Å². The van der Waals surface area contributed by atoms with Crippen molar-refractivity contribution in [2.75, 3.05) is 7.11 Å². The normalized spacial score (nSPS) is 12.6. The van der Waals surface area contributed by atoms with Gasteiger partial charge in [-0.1, -0.05) is 42.1 Å². The van der Waals surface area contributed by atoms with Crippen LogP contribution >= 0.6 is 11.8 Å². The lowest BCUT2D eigenvalue weighted by atomic mass is 10.1. The molecule has 2 aromatic carbocycles. The fourth-order valence-corrected chi connectivity index (χ4v) is 2.62. The first-order chi connectivity index (χ1) is 12.3. The van der Waals surface area contributed by atoms with E-state index in [1.165, 1.54) is 11.8 Å². The molecule has 0 aliphatic carbocycles. The zero-order chi connectivity index (χ0) is 19.2. The zero-order valence-electron chi connectivity index (χ0n) is 13.6. The molecule has 0 heterocycles. The molecular formula is C17H15F4N3OS. The zero-order valence-corrected chi connectivity index (χ0v) is 14.4. The van der Waals surface area contributed by atoms with Crippen LogP contribution in [0.15, 0.2) is 52.7 Å². The van der Waals surface area contributed by atoms with Crippen LogP contribution in [0.2, 0.25) is 0 Å². The summed E-state index contributed by atoms with van der Waals surface area (Å²) < 4.78 is 56.8. The lowest BCUT2D eigenvalue weighted by Crippen LogP contribution is -2.10. The minimum Gasteiger partial charge on any atom is -0.493 e. The average Bonchev–Trinajstić information content (AvgIpc) is 2.60. The van der Waals surface area contributed by atoms with Crippen molar-refractivity contribution in [3.63, 3.8) is 0 Å². The molecule has 2 N–H and O–H groups in total. The number of rotatable bonds is 5. The maximum Gasteiger partial charge on any atom is 0.419 e. The largest absolute Gasteiger partial charge is 0.493 e. The van der Waals surface area contributed by atoms with Crippen molar-refractivity contribution in [2.45, 2.75) is 11.9 Å². The molecule has 0 unspecified atom stereocenters. The molecule has 9 heteroatoms. The Balaban J connectivity index is 2.10. The highest BCUT2D eigenvalue weighted by Crippen LogP contribution is 2.36. The van der Waals surface area contributed by atoms with Gasteiger partial charge in [-0.3, -0.25) is 0 Å². The molecule has 0 atom stereocenters. The van der Waals surface area contributed by atoms with Crippen molar-refractivity contribution in [3.05, 3.63) is 65.0 Å². The number of nitrogens with two attached hydrogens (primary N) is 1. The van der Waals surface area contributed by atoms with E-state index < -0.39 is 23.3 Å². The molecule has 0 fully saturated rings. The maximum absolute atomic E-state index is 14.0. The van der Waals surface area contributed by atoms with Gasteiger partial charge in [0.25, 0.3) is 0 Å². The van der Waals surface area contributed by atoms with Crippen molar-refractivity contribution in [1.82, 2.24) is 0 Å². The van der Waals surface area contributed by atoms with E-state index in [4.69, 9.17) is 10.5 Å². The molecule has 0 radical (unpaired) electrons. The van der Waals surface area contributed by atoms with Gasteiger partial charge in [-0.15, -0.1) is 5.10 Å². The van der Waals surface area contributed by atoms with Crippen LogP contribution in [0.25, 0.3) is 0 Å². The lowest BCUT2D eigenvalue weighted by molar-refractivity contribution is -0.140. The molecule has 0 saturated heterocycles. The topological polar surface area (TPSA) is 60.0 Å². The summed E-state index contributed by atoms with van der Waals surface area (Å²) in [5.74, 6) is -1.47. The predicted octanol–water partition coefficient (Wildman–Crippen LogP) is 4.44. The van der Waals surface area contributed by atoms with E-state index >= 15 is 0 Å². The van der Waals surface area contributed by atoms with Crippen LogP contribution in [0.3, 0.4) is 0 Å². The predicted molar refractivity (Wildman–Crippen MR) is 94.9 cm³/mol. The molecule has 2 rings (SSSR count). The molecule has 0 aliphatic rings. The highest BCUT2D eigenvalue weighted by molar-refractivity contribution is 8.13. The summed E-state index contributed by atoms with van der Waals surface area (Å²) in [5.41, 5.74) is 5.37. The van der Waals surface area contributed by atoms with Gasteiger partial charge in [0.1, 0.15) is 0 Å². The number of ether oxygens (including phenoxy) is 1. The summed E-state index contributed by atoms with van der Waals surface area (Å²) >= 11 is 1.24. The standard InChI is InChI=1S/C17H15F4N3OS/c1-25-15-12(7-8-13(14(15)18)17(19,20)21)9-23-24-16(22)26-10-11-5-3-2-4-6-11/h2-9H,10H2,1H3,(H2,22,24). The molecule has 0 aromatic heterocycles. The molecule has 0 amide bonds. The highest BCUT2D eigenvalue weighted by atomic mass is 32.2. The second kappa shape index (κ2) is 8.70. The third-order valence-corrected chi connectivity index (χ3v) is 4.07. The minimum absolute atomic E-state index is 0.0163. The third-order valence-electron chi connectivity index (χ3n) is 3.22. The van der Waals surface area contributed by atoms with E-state index in [-0.39, 0.29) is 10.7 Å². The van der Waals surface area contributed by atoms with Crippen molar-refractivity contribution in [1.29, 1.82) is 0 Å². The number of benzene rings is 2. The van der Waals surface area contributed by atoms with Crippen molar-refractivity contribution in [2.24, 2.45) is 15.9 Å². The summed E-state index contributed by atoms with van der Waals surface area (Å²) in [6.07, 6.45) is -3.73. The van der Waals surface area contributed by atoms with Crippen molar-refractivity contribution >= 4 is 23.1 Å². The van der Waals surface area contributed by atoms with E-state index in [1.807, 2.05) is 30.3 Å². The molecular weight excluding hydrogens is 370 g/mol. The van der Waals surface area contributed by atoms with Crippen molar-refractivity contribution < 1.29 is 22.3 Å². The molecule has 0 saturated carbocycles. The van der Waals surface area contributed by atoms with Crippen LogP contribution in [0.1, 0.15) is 16.7 Å². The minimum atomic E-state index is -4.82. The SMILES string of the molecule is COc1c(C=NN=C(N)SCc2ccccc2)ccc(C(F)(F)F)c1F. The number of thioether (sulfide) groups is 1. The summed E-state index contributed by atoms with van der Waals surface area (Å²) in [6, 6.07) is 11.2. The molecule has 0 aliphatic heterocycles. The average molecular weight is 385 g/mol. The van der Waals surface area contributed by atoms with Gasteiger partial charge in [0.15, 0.2) is 16.7 Å². The number of methoxy groups -OCH3 is 1. The quantitative estimate of drug-likeness (QED) is 0.358. The van der Waals surface area contributed by atoms with E-state index in [9.17, 15) is 17.6 Å².